The number of rotatable bonds is 5. The van der Waals surface area contributed by atoms with Gasteiger partial charge in [-0.05, 0) is 53.6 Å². The Kier molecular flexibility index (Phi) is 5.45. The molecule has 1 amide bonds. The summed E-state index contributed by atoms with van der Waals surface area (Å²) in [6.45, 7) is 0.392. The molecule has 0 atom stereocenters. The summed E-state index contributed by atoms with van der Waals surface area (Å²) in [5, 5.41) is 0.636. The first kappa shape index (κ1) is 18.7. The number of pyridine rings is 1. The van der Waals surface area contributed by atoms with Gasteiger partial charge in [0.1, 0.15) is 5.82 Å². The highest BCUT2D eigenvalue weighted by atomic mass is 79.9. The summed E-state index contributed by atoms with van der Waals surface area (Å²) < 4.78 is 15.1. The number of thiazole rings is 1. The Morgan fingerprint density at radius 2 is 1.79 bits per heavy atom. The molecule has 2 aromatic carbocycles. The average molecular weight is 456 g/mol. The molecule has 0 aliphatic heterocycles. The van der Waals surface area contributed by atoms with Crippen molar-refractivity contribution in [1.82, 2.24) is 9.97 Å². The Labute approximate surface area is 173 Å². The van der Waals surface area contributed by atoms with Gasteiger partial charge in [-0.2, -0.15) is 0 Å². The summed E-state index contributed by atoms with van der Waals surface area (Å²) in [5.74, 6) is -0.414. The second-order valence-corrected chi connectivity index (χ2v) is 8.17. The molecule has 2 aromatic heterocycles. The van der Waals surface area contributed by atoms with Crippen LogP contribution < -0.4 is 4.90 Å². The number of anilines is 1. The summed E-state index contributed by atoms with van der Waals surface area (Å²) in [5.41, 5.74) is 2.57. The number of hydrogen-bond donors (Lipinski definition) is 0. The van der Waals surface area contributed by atoms with Crippen molar-refractivity contribution < 1.29 is 9.18 Å². The second-order valence-electron chi connectivity index (χ2n) is 6.25. The molecule has 0 fully saturated rings. The molecule has 0 bridgehead atoms. The van der Waals surface area contributed by atoms with Crippen LogP contribution in [-0.2, 0) is 17.8 Å². The molecule has 4 aromatic rings. The number of amides is 1. The fourth-order valence-electron chi connectivity index (χ4n) is 2.81. The molecule has 0 N–H and O–H groups in total. The van der Waals surface area contributed by atoms with Crippen LogP contribution in [-0.4, -0.2) is 15.9 Å². The number of nitrogens with zero attached hydrogens (tertiary/aromatic N) is 3. The Morgan fingerprint density at radius 1 is 1.04 bits per heavy atom. The predicted molar refractivity (Wildman–Crippen MR) is 113 cm³/mol. The summed E-state index contributed by atoms with van der Waals surface area (Å²) in [4.78, 5) is 23.5. The summed E-state index contributed by atoms with van der Waals surface area (Å²) in [6.07, 6.45) is 3.58. The summed E-state index contributed by atoms with van der Waals surface area (Å²) in [6, 6.07) is 15.6. The third kappa shape index (κ3) is 4.26. The van der Waals surface area contributed by atoms with Gasteiger partial charge in [-0.25, -0.2) is 9.37 Å². The predicted octanol–water partition coefficient (Wildman–Crippen LogP) is 5.37. The van der Waals surface area contributed by atoms with E-state index >= 15 is 0 Å². The van der Waals surface area contributed by atoms with E-state index in [9.17, 15) is 9.18 Å². The SMILES string of the molecule is O=C(Cc1ccc(F)cc1)N(Cc1ccncc1)c1nc2ccc(Br)cc2s1. The smallest absolute Gasteiger partial charge is 0.233 e. The zero-order chi connectivity index (χ0) is 19.5. The first-order valence-electron chi connectivity index (χ1n) is 8.58. The maximum atomic E-state index is 13.2. The van der Waals surface area contributed by atoms with Gasteiger partial charge in [0.25, 0.3) is 0 Å². The van der Waals surface area contributed by atoms with E-state index < -0.39 is 0 Å². The molecule has 0 spiro atoms. The molecule has 0 aliphatic carbocycles. The van der Waals surface area contributed by atoms with Gasteiger partial charge in [0, 0.05) is 16.9 Å². The normalized spacial score (nSPS) is 10.9. The average Bonchev–Trinajstić information content (AvgIpc) is 3.11. The number of carbonyl (C=O) groups is 1. The lowest BCUT2D eigenvalue weighted by molar-refractivity contribution is -0.118. The Balaban J connectivity index is 1.67. The highest BCUT2D eigenvalue weighted by Crippen LogP contribution is 2.32. The maximum Gasteiger partial charge on any atom is 0.233 e. The molecule has 0 radical (unpaired) electrons. The third-order valence-electron chi connectivity index (χ3n) is 4.23. The fraction of sp³-hybridized carbons (Fsp3) is 0.0952. The van der Waals surface area contributed by atoms with E-state index in [2.05, 4.69) is 25.9 Å². The molecule has 0 unspecified atom stereocenters. The number of fused-ring (bicyclic) bond motifs is 1. The zero-order valence-electron chi connectivity index (χ0n) is 14.7. The van der Waals surface area contributed by atoms with Gasteiger partial charge < -0.3 is 0 Å². The van der Waals surface area contributed by atoms with Gasteiger partial charge in [0.15, 0.2) is 5.13 Å². The van der Waals surface area contributed by atoms with Crippen LogP contribution in [0.3, 0.4) is 0 Å². The topological polar surface area (TPSA) is 46.1 Å². The van der Waals surface area contributed by atoms with Crippen LogP contribution in [0.2, 0.25) is 0 Å². The first-order valence-corrected chi connectivity index (χ1v) is 10.2. The number of carbonyl (C=O) groups excluding carboxylic acids is 1. The van der Waals surface area contributed by atoms with Crippen LogP contribution >= 0.6 is 27.3 Å². The molecule has 0 aliphatic rings. The lowest BCUT2D eigenvalue weighted by Gasteiger charge is -2.20. The number of aromatic nitrogens is 2. The molecular weight excluding hydrogens is 441 g/mol. The summed E-state index contributed by atoms with van der Waals surface area (Å²) in [7, 11) is 0. The van der Waals surface area contributed by atoms with Crippen molar-refractivity contribution in [3.8, 4) is 0 Å². The minimum atomic E-state index is -0.318. The Bertz CT molecular complexity index is 1120. The lowest BCUT2D eigenvalue weighted by atomic mass is 10.1. The highest BCUT2D eigenvalue weighted by molar-refractivity contribution is 9.10. The van der Waals surface area contributed by atoms with Crippen molar-refractivity contribution in [3.63, 3.8) is 0 Å². The van der Waals surface area contributed by atoms with Crippen LogP contribution in [0.15, 0.2) is 71.5 Å². The van der Waals surface area contributed by atoms with Crippen molar-refractivity contribution in [3.05, 3.63) is 88.4 Å². The van der Waals surface area contributed by atoms with E-state index in [1.54, 1.807) is 29.4 Å². The fourth-order valence-corrected chi connectivity index (χ4v) is 4.34. The molecular formula is C21H15BrFN3OS. The molecule has 140 valence electrons. The Hall–Kier alpha value is -2.64. The van der Waals surface area contributed by atoms with Crippen LogP contribution in [0.4, 0.5) is 9.52 Å². The highest BCUT2D eigenvalue weighted by Gasteiger charge is 2.20. The van der Waals surface area contributed by atoms with Crippen molar-refractivity contribution in [1.29, 1.82) is 0 Å². The number of benzene rings is 2. The number of halogens is 2. The van der Waals surface area contributed by atoms with E-state index in [0.717, 1.165) is 25.8 Å². The molecule has 28 heavy (non-hydrogen) atoms. The van der Waals surface area contributed by atoms with Gasteiger partial charge >= 0.3 is 0 Å². The largest absolute Gasteiger partial charge is 0.283 e. The van der Waals surface area contributed by atoms with E-state index in [1.165, 1.54) is 23.5 Å². The molecule has 2 heterocycles. The zero-order valence-corrected chi connectivity index (χ0v) is 17.1. The molecule has 0 saturated carbocycles. The van der Waals surface area contributed by atoms with Crippen LogP contribution in [0.25, 0.3) is 10.2 Å². The summed E-state index contributed by atoms with van der Waals surface area (Å²) >= 11 is 4.94. The van der Waals surface area contributed by atoms with E-state index in [4.69, 9.17) is 0 Å². The van der Waals surface area contributed by atoms with Crippen molar-refractivity contribution >= 4 is 48.5 Å². The van der Waals surface area contributed by atoms with Crippen molar-refractivity contribution in [2.45, 2.75) is 13.0 Å². The van der Waals surface area contributed by atoms with Crippen molar-refractivity contribution in [2.75, 3.05) is 4.90 Å². The van der Waals surface area contributed by atoms with Gasteiger partial charge in [-0.1, -0.05) is 39.4 Å². The van der Waals surface area contributed by atoms with Gasteiger partial charge in [-0.15, -0.1) is 0 Å². The second kappa shape index (κ2) is 8.16. The molecule has 0 saturated heterocycles. The minimum absolute atomic E-state index is 0.0958. The van der Waals surface area contributed by atoms with Crippen LogP contribution in [0.5, 0.6) is 0 Å². The van der Waals surface area contributed by atoms with E-state index in [1.807, 2.05) is 30.3 Å². The van der Waals surface area contributed by atoms with Crippen molar-refractivity contribution in [2.24, 2.45) is 0 Å². The monoisotopic (exact) mass is 455 g/mol. The first-order chi connectivity index (χ1) is 13.6. The maximum absolute atomic E-state index is 13.2. The molecule has 4 nitrogen and oxygen atoms in total. The lowest BCUT2D eigenvalue weighted by Crippen LogP contribution is -2.31. The van der Waals surface area contributed by atoms with Gasteiger partial charge in [0.05, 0.1) is 23.2 Å². The van der Waals surface area contributed by atoms with E-state index in [-0.39, 0.29) is 18.1 Å². The quantitative estimate of drug-likeness (QED) is 0.406. The van der Waals surface area contributed by atoms with E-state index in [0.29, 0.717) is 11.7 Å². The van der Waals surface area contributed by atoms with Crippen LogP contribution in [0.1, 0.15) is 11.1 Å². The number of hydrogen-bond acceptors (Lipinski definition) is 4. The van der Waals surface area contributed by atoms with Gasteiger partial charge in [0.2, 0.25) is 5.91 Å². The third-order valence-corrected chi connectivity index (χ3v) is 5.76. The minimum Gasteiger partial charge on any atom is -0.283 e. The molecule has 7 heteroatoms. The molecule has 4 rings (SSSR count). The van der Waals surface area contributed by atoms with Gasteiger partial charge in [-0.3, -0.25) is 14.7 Å². The van der Waals surface area contributed by atoms with Crippen LogP contribution in [0, 0.1) is 5.82 Å². The Morgan fingerprint density at radius 3 is 2.54 bits per heavy atom. The standard InChI is InChI=1S/C21H15BrFN3OS/c22-16-3-6-18-19(12-16)28-21(25-18)26(13-15-7-9-24-10-8-15)20(27)11-14-1-4-17(23)5-2-14/h1-10,12H,11,13H2.